The van der Waals surface area contributed by atoms with Gasteiger partial charge in [-0.05, 0) is 56.5 Å². The molecule has 1 aliphatic carbocycles. The average molecular weight is 362 g/mol. The fourth-order valence-electron chi connectivity index (χ4n) is 3.42. The van der Waals surface area contributed by atoms with Crippen LogP contribution >= 0.6 is 0 Å². The summed E-state index contributed by atoms with van der Waals surface area (Å²) in [6.45, 7) is 5.91. The summed E-state index contributed by atoms with van der Waals surface area (Å²) in [5.41, 5.74) is 4.29. The topological polar surface area (TPSA) is 59.0 Å². The highest BCUT2D eigenvalue weighted by molar-refractivity contribution is 5.94. The van der Waals surface area contributed by atoms with Crippen molar-refractivity contribution in [2.75, 3.05) is 5.32 Å². The minimum absolute atomic E-state index is 0.146. The van der Waals surface area contributed by atoms with E-state index in [1.54, 1.807) is 0 Å². The Labute approximate surface area is 159 Å². The summed E-state index contributed by atoms with van der Waals surface area (Å²) in [4.78, 5) is 16.6. The van der Waals surface area contributed by atoms with Crippen LogP contribution in [0.2, 0.25) is 0 Å². The number of hydrogen-bond acceptors (Lipinski definition) is 3. The van der Waals surface area contributed by atoms with Crippen molar-refractivity contribution in [2.45, 2.75) is 45.8 Å². The molecule has 1 aliphatic rings. The summed E-state index contributed by atoms with van der Waals surface area (Å²) in [6, 6.07) is 16.6. The lowest BCUT2D eigenvalue weighted by molar-refractivity contribution is -0.117. The molecule has 1 fully saturated rings. The summed E-state index contributed by atoms with van der Waals surface area (Å²) < 4.78 is 2.26. The number of carbonyl (C=O) groups excluding carboxylic acids is 1. The van der Waals surface area contributed by atoms with Crippen LogP contribution < -0.4 is 10.6 Å². The van der Waals surface area contributed by atoms with Crippen molar-refractivity contribution in [3.63, 3.8) is 0 Å². The van der Waals surface area contributed by atoms with Gasteiger partial charge in [0.25, 0.3) is 0 Å². The number of rotatable bonds is 7. The molecule has 1 atom stereocenters. The molecule has 140 valence electrons. The Kier molecular flexibility index (Phi) is 4.94. The molecule has 1 amide bonds. The molecular formula is C22H26N4O. The summed E-state index contributed by atoms with van der Waals surface area (Å²) >= 11 is 0. The third kappa shape index (κ3) is 3.88. The predicted molar refractivity (Wildman–Crippen MR) is 108 cm³/mol. The van der Waals surface area contributed by atoms with E-state index in [-0.39, 0.29) is 17.9 Å². The monoisotopic (exact) mass is 362 g/mol. The number of carbonyl (C=O) groups is 1. The summed E-state index contributed by atoms with van der Waals surface area (Å²) in [5, 5.41) is 6.55. The number of fused-ring (bicyclic) bond motifs is 1. The zero-order valence-corrected chi connectivity index (χ0v) is 15.9. The van der Waals surface area contributed by atoms with Gasteiger partial charge in [0.1, 0.15) is 5.82 Å². The molecule has 5 nitrogen and oxygen atoms in total. The van der Waals surface area contributed by atoms with Crippen LogP contribution in [0, 0.1) is 5.92 Å². The third-order valence-corrected chi connectivity index (χ3v) is 5.24. The number of anilines is 1. The molecule has 4 rings (SSSR count). The van der Waals surface area contributed by atoms with Crippen molar-refractivity contribution in [2.24, 2.45) is 5.92 Å². The smallest absolute Gasteiger partial charge is 0.227 e. The van der Waals surface area contributed by atoms with Crippen LogP contribution in [0.5, 0.6) is 0 Å². The highest BCUT2D eigenvalue weighted by Crippen LogP contribution is 2.30. The van der Waals surface area contributed by atoms with Gasteiger partial charge in [0.2, 0.25) is 5.91 Å². The highest BCUT2D eigenvalue weighted by atomic mass is 16.2. The van der Waals surface area contributed by atoms with E-state index in [9.17, 15) is 4.79 Å². The first-order valence-electron chi connectivity index (χ1n) is 9.74. The molecule has 0 aliphatic heterocycles. The van der Waals surface area contributed by atoms with Crippen molar-refractivity contribution >= 4 is 22.6 Å². The number of aromatic nitrogens is 2. The lowest BCUT2D eigenvalue weighted by atomic mass is 10.1. The van der Waals surface area contributed by atoms with E-state index < -0.39 is 0 Å². The average Bonchev–Trinajstić information content (AvgIpc) is 3.48. The fraction of sp³-hybridized carbons (Fsp3) is 0.364. The quantitative estimate of drug-likeness (QED) is 0.660. The van der Waals surface area contributed by atoms with Crippen molar-refractivity contribution < 1.29 is 4.79 Å². The first-order valence-corrected chi connectivity index (χ1v) is 9.74. The first-order chi connectivity index (χ1) is 13.2. The van der Waals surface area contributed by atoms with E-state index in [2.05, 4.69) is 59.4 Å². The Hall–Kier alpha value is -2.66. The van der Waals surface area contributed by atoms with E-state index in [4.69, 9.17) is 4.98 Å². The second-order valence-corrected chi connectivity index (χ2v) is 7.25. The molecule has 2 aromatic carbocycles. The zero-order chi connectivity index (χ0) is 18.8. The maximum absolute atomic E-state index is 11.9. The van der Waals surface area contributed by atoms with Crippen LogP contribution in [-0.4, -0.2) is 15.5 Å². The molecule has 0 bridgehead atoms. The summed E-state index contributed by atoms with van der Waals surface area (Å²) in [5.74, 6) is 1.43. The minimum atomic E-state index is 0.146. The van der Waals surface area contributed by atoms with Crippen LogP contribution in [0.15, 0.2) is 48.5 Å². The van der Waals surface area contributed by atoms with Gasteiger partial charge < -0.3 is 15.2 Å². The van der Waals surface area contributed by atoms with E-state index in [1.807, 2.05) is 18.2 Å². The number of benzene rings is 2. The molecule has 2 N–H and O–H groups in total. The van der Waals surface area contributed by atoms with E-state index >= 15 is 0 Å². The van der Waals surface area contributed by atoms with E-state index in [0.717, 1.165) is 36.4 Å². The van der Waals surface area contributed by atoms with Crippen molar-refractivity contribution in [1.82, 2.24) is 14.9 Å². The minimum Gasteiger partial charge on any atom is -0.327 e. The molecule has 0 spiro atoms. The number of imidazole rings is 1. The van der Waals surface area contributed by atoms with Gasteiger partial charge in [-0.3, -0.25) is 4.79 Å². The van der Waals surface area contributed by atoms with Gasteiger partial charge in [-0.25, -0.2) is 4.98 Å². The van der Waals surface area contributed by atoms with Crippen LogP contribution in [0.25, 0.3) is 11.0 Å². The SMILES string of the molecule is CCn1c(CNC(C)c2ccc(NC(=O)C3CC3)cc2)nc2ccccc21. The van der Waals surface area contributed by atoms with Gasteiger partial charge in [-0.2, -0.15) is 0 Å². The van der Waals surface area contributed by atoms with Gasteiger partial charge in [-0.15, -0.1) is 0 Å². The van der Waals surface area contributed by atoms with Gasteiger partial charge in [-0.1, -0.05) is 24.3 Å². The first kappa shape index (κ1) is 17.7. The Bertz CT molecular complexity index is 941. The van der Waals surface area contributed by atoms with Crippen LogP contribution in [0.4, 0.5) is 5.69 Å². The van der Waals surface area contributed by atoms with Crippen molar-refractivity contribution in [3.8, 4) is 0 Å². The fourth-order valence-corrected chi connectivity index (χ4v) is 3.42. The number of aryl methyl sites for hydroxylation is 1. The third-order valence-electron chi connectivity index (χ3n) is 5.24. The predicted octanol–water partition coefficient (Wildman–Crippen LogP) is 4.26. The Morgan fingerprint density at radius 1 is 1.19 bits per heavy atom. The lowest BCUT2D eigenvalue weighted by Gasteiger charge is -2.15. The Morgan fingerprint density at radius 2 is 1.93 bits per heavy atom. The van der Waals surface area contributed by atoms with E-state index in [1.165, 1.54) is 11.1 Å². The summed E-state index contributed by atoms with van der Waals surface area (Å²) in [7, 11) is 0. The van der Waals surface area contributed by atoms with Crippen LogP contribution in [0.3, 0.4) is 0 Å². The van der Waals surface area contributed by atoms with Crippen LogP contribution in [0.1, 0.15) is 44.1 Å². The second-order valence-electron chi connectivity index (χ2n) is 7.25. The number of nitrogens with one attached hydrogen (secondary N) is 2. The largest absolute Gasteiger partial charge is 0.327 e. The van der Waals surface area contributed by atoms with Crippen molar-refractivity contribution in [1.29, 1.82) is 0 Å². The maximum Gasteiger partial charge on any atom is 0.227 e. The number of amides is 1. The highest BCUT2D eigenvalue weighted by Gasteiger charge is 2.29. The van der Waals surface area contributed by atoms with Gasteiger partial charge in [0.05, 0.1) is 17.6 Å². The molecular weight excluding hydrogens is 336 g/mol. The van der Waals surface area contributed by atoms with Crippen molar-refractivity contribution in [3.05, 3.63) is 59.9 Å². The van der Waals surface area contributed by atoms with Gasteiger partial charge >= 0.3 is 0 Å². The molecule has 0 radical (unpaired) electrons. The molecule has 27 heavy (non-hydrogen) atoms. The molecule has 1 heterocycles. The van der Waals surface area contributed by atoms with Crippen LogP contribution in [-0.2, 0) is 17.9 Å². The number of para-hydroxylation sites is 2. The lowest BCUT2D eigenvalue weighted by Crippen LogP contribution is -2.20. The molecule has 5 heteroatoms. The maximum atomic E-state index is 11.9. The van der Waals surface area contributed by atoms with Gasteiger partial charge in [0.15, 0.2) is 0 Å². The molecule has 1 unspecified atom stereocenters. The molecule has 1 aromatic heterocycles. The van der Waals surface area contributed by atoms with Gasteiger partial charge in [0, 0.05) is 24.2 Å². The normalized spacial score (nSPS) is 15.0. The molecule has 1 saturated carbocycles. The molecule has 3 aromatic rings. The molecule has 0 saturated heterocycles. The number of hydrogen-bond donors (Lipinski definition) is 2. The second kappa shape index (κ2) is 7.53. The Balaban J connectivity index is 1.40. The number of nitrogens with zero attached hydrogens (tertiary/aromatic N) is 2. The van der Waals surface area contributed by atoms with E-state index in [0.29, 0.717) is 6.54 Å². The Morgan fingerprint density at radius 3 is 2.63 bits per heavy atom. The summed E-state index contributed by atoms with van der Waals surface area (Å²) in [6.07, 6.45) is 2.04. The zero-order valence-electron chi connectivity index (χ0n) is 15.9. The standard InChI is InChI=1S/C22H26N4O/c1-3-26-20-7-5-4-6-19(20)25-21(26)14-23-15(2)16-10-12-18(13-11-16)24-22(27)17-8-9-17/h4-7,10-13,15,17,23H,3,8-9,14H2,1-2H3,(H,24,27).